The molecule has 0 aliphatic heterocycles. The molecule has 0 bridgehead atoms. The predicted octanol–water partition coefficient (Wildman–Crippen LogP) is -1.87. The molecule has 0 aliphatic rings. The molecule has 8 nitrogen and oxygen atoms in total. The van der Waals surface area contributed by atoms with E-state index < -0.39 is 12.0 Å². The summed E-state index contributed by atoms with van der Waals surface area (Å²) in [5.74, 6) is -1.42. The van der Waals surface area contributed by atoms with Gasteiger partial charge in [-0.3, -0.25) is 20.0 Å². The summed E-state index contributed by atoms with van der Waals surface area (Å²) in [6, 6.07) is -0.849. The number of carboxylic acid groups (broad SMARTS) is 1. The lowest BCUT2D eigenvalue weighted by atomic mass is 10.2. The average molecular weight is 231 g/mol. The van der Waals surface area contributed by atoms with Gasteiger partial charge in [0.1, 0.15) is 6.04 Å². The molecular formula is C8H17N5O3. The van der Waals surface area contributed by atoms with Gasteiger partial charge in [-0.2, -0.15) is 0 Å². The molecular weight excluding hydrogens is 214 g/mol. The van der Waals surface area contributed by atoms with Gasteiger partial charge in [-0.15, -0.1) is 0 Å². The Morgan fingerprint density at radius 1 is 1.44 bits per heavy atom. The van der Waals surface area contributed by atoms with Gasteiger partial charge in [0, 0.05) is 13.5 Å². The second-order valence-electron chi connectivity index (χ2n) is 3.17. The van der Waals surface area contributed by atoms with Crippen LogP contribution in [0.25, 0.3) is 0 Å². The van der Waals surface area contributed by atoms with E-state index in [9.17, 15) is 9.59 Å². The van der Waals surface area contributed by atoms with Gasteiger partial charge in [-0.25, -0.2) is 5.43 Å². The largest absolute Gasteiger partial charge is 0.480 e. The Hall–Kier alpha value is -1.83. The first-order chi connectivity index (χ1) is 7.43. The third-order valence-corrected chi connectivity index (χ3v) is 1.67. The maximum Gasteiger partial charge on any atom is 0.322 e. The SMILES string of the molecule is CC(=O)NN[C@@H](CCCN=C(N)N)C(=O)O. The summed E-state index contributed by atoms with van der Waals surface area (Å²) in [5, 5.41) is 8.80. The highest BCUT2D eigenvalue weighted by molar-refractivity contribution is 5.76. The van der Waals surface area contributed by atoms with Crippen LogP contribution in [0.2, 0.25) is 0 Å². The second kappa shape index (κ2) is 7.46. The normalized spacial score (nSPS) is 11.6. The van der Waals surface area contributed by atoms with E-state index in [1.807, 2.05) is 0 Å². The van der Waals surface area contributed by atoms with Crippen molar-refractivity contribution in [3.05, 3.63) is 0 Å². The van der Waals surface area contributed by atoms with E-state index in [1.54, 1.807) is 0 Å². The fraction of sp³-hybridized carbons (Fsp3) is 0.625. The summed E-state index contributed by atoms with van der Waals surface area (Å²) in [5.41, 5.74) is 14.8. The molecule has 16 heavy (non-hydrogen) atoms. The number of carboxylic acids is 1. The number of hydrogen-bond acceptors (Lipinski definition) is 4. The minimum atomic E-state index is -1.04. The molecule has 0 unspecified atom stereocenters. The van der Waals surface area contributed by atoms with Crippen LogP contribution in [0.3, 0.4) is 0 Å². The zero-order valence-corrected chi connectivity index (χ0v) is 9.06. The summed E-state index contributed by atoms with van der Waals surface area (Å²) < 4.78 is 0. The van der Waals surface area contributed by atoms with Gasteiger partial charge in [0.05, 0.1) is 0 Å². The Morgan fingerprint density at radius 2 is 2.06 bits per heavy atom. The van der Waals surface area contributed by atoms with Gasteiger partial charge in [0.2, 0.25) is 5.91 Å². The number of nitrogens with one attached hydrogen (secondary N) is 2. The van der Waals surface area contributed by atoms with Crippen molar-refractivity contribution in [2.75, 3.05) is 6.54 Å². The molecule has 8 heteroatoms. The molecule has 0 aromatic carbocycles. The highest BCUT2D eigenvalue weighted by Crippen LogP contribution is 1.97. The maximum atomic E-state index is 10.7. The van der Waals surface area contributed by atoms with Gasteiger partial charge in [0.15, 0.2) is 5.96 Å². The fourth-order valence-electron chi connectivity index (χ4n) is 0.950. The lowest BCUT2D eigenvalue weighted by molar-refractivity contribution is -0.140. The number of guanidine groups is 1. The van der Waals surface area contributed by atoms with Crippen molar-refractivity contribution in [2.24, 2.45) is 16.5 Å². The topological polar surface area (TPSA) is 143 Å². The van der Waals surface area contributed by atoms with Crippen LogP contribution in [0.15, 0.2) is 4.99 Å². The van der Waals surface area contributed by atoms with E-state index in [0.717, 1.165) is 0 Å². The minimum absolute atomic E-state index is 0.0262. The molecule has 92 valence electrons. The van der Waals surface area contributed by atoms with Crippen molar-refractivity contribution < 1.29 is 14.7 Å². The average Bonchev–Trinajstić information content (AvgIpc) is 2.15. The Morgan fingerprint density at radius 3 is 2.50 bits per heavy atom. The fourth-order valence-corrected chi connectivity index (χ4v) is 0.950. The van der Waals surface area contributed by atoms with Crippen LogP contribution in [0.4, 0.5) is 0 Å². The number of nitrogens with zero attached hydrogens (tertiary/aromatic N) is 1. The summed E-state index contributed by atoms with van der Waals surface area (Å²) in [4.78, 5) is 25.0. The van der Waals surface area contributed by atoms with Crippen molar-refractivity contribution in [1.82, 2.24) is 10.9 Å². The zero-order chi connectivity index (χ0) is 12.6. The number of rotatable bonds is 7. The zero-order valence-electron chi connectivity index (χ0n) is 9.06. The number of hydrazine groups is 1. The molecule has 1 amide bonds. The lowest BCUT2D eigenvalue weighted by Crippen LogP contribution is -2.47. The minimum Gasteiger partial charge on any atom is -0.480 e. The Kier molecular flexibility index (Phi) is 6.61. The number of aliphatic carboxylic acids is 1. The molecule has 0 fully saturated rings. The molecule has 0 rings (SSSR count). The molecule has 0 saturated heterocycles. The standard InChI is InChI=1S/C8H17N5O3/c1-5(14)12-13-6(7(15)16)3-2-4-11-8(9)10/h6,13H,2-4H2,1H3,(H,12,14)(H,15,16)(H4,9,10,11)/t6-/m0/s1. The number of nitrogens with two attached hydrogens (primary N) is 2. The van der Waals surface area contributed by atoms with Crippen molar-refractivity contribution in [2.45, 2.75) is 25.8 Å². The highest BCUT2D eigenvalue weighted by atomic mass is 16.4. The van der Waals surface area contributed by atoms with Crippen LogP contribution >= 0.6 is 0 Å². The smallest absolute Gasteiger partial charge is 0.322 e. The van der Waals surface area contributed by atoms with Crippen molar-refractivity contribution >= 4 is 17.8 Å². The first-order valence-electron chi connectivity index (χ1n) is 4.73. The molecule has 1 atom stereocenters. The van der Waals surface area contributed by atoms with Crippen molar-refractivity contribution in [3.8, 4) is 0 Å². The second-order valence-corrected chi connectivity index (χ2v) is 3.17. The monoisotopic (exact) mass is 231 g/mol. The Labute approximate surface area is 93.1 Å². The third kappa shape index (κ3) is 7.56. The van der Waals surface area contributed by atoms with Crippen LogP contribution in [0.1, 0.15) is 19.8 Å². The van der Waals surface area contributed by atoms with Crippen molar-refractivity contribution in [1.29, 1.82) is 0 Å². The molecule has 0 aromatic heterocycles. The van der Waals surface area contributed by atoms with Crippen LogP contribution in [0.5, 0.6) is 0 Å². The lowest BCUT2D eigenvalue weighted by Gasteiger charge is -2.13. The molecule has 7 N–H and O–H groups in total. The van der Waals surface area contributed by atoms with E-state index in [2.05, 4.69) is 15.8 Å². The first-order valence-corrected chi connectivity index (χ1v) is 4.73. The number of carbonyl (C=O) groups excluding carboxylic acids is 1. The predicted molar refractivity (Wildman–Crippen MR) is 58.3 cm³/mol. The van der Waals surface area contributed by atoms with E-state index >= 15 is 0 Å². The molecule has 0 spiro atoms. The number of hydrogen-bond donors (Lipinski definition) is 5. The third-order valence-electron chi connectivity index (χ3n) is 1.67. The summed E-state index contributed by atoms with van der Waals surface area (Å²) >= 11 is 0. The van der Waals surface area contributed by atoms with Crippen LogP contribution in [0, 0.1) is 0 Å². The number of carbonyl (C=O) groups is 2. The van der Waals surface area contributed by atoms with Crippen LogP contribution in [-0.2, 0) is 9.59 Å². The highest BCUT2D eigenvalue weighted by Gasteiger charge is 2.16. The Balaban J connectivity index is 3.90. The number of aliphatic imine (C=N–C) groups is 1. The summed E-state index contributed by atoms with van der Waals surface area (Å²) in [6.45, 7) is 1.64. The molecule has 0 aromatic rings. The van der Waals surface area contributed by atoms with Gasteiger partial charge >= 0.3 is 5.97 Å². The first kappa shape index (κ1) is 14.2. The molecule has 0 radical (unpaired) electrons. The maximum absolute atomic E-state index is 10.7. The number of amides is 1. The van der Waals surface area contributed by atoms with E-state index in [1.165, 1.54) is 6.92 Å². The van der Waals surface area contributed by atoms with Crippen molar-refractivity contribution in [3.63, 3.8) is 0 Å². The molecule has 0 aliphatic carbocycles. The Bertz CT molecular complexity index is 275. The quantitative estimate of drug-likeness (QED) is 0.150. The summed E-state index contributed by atoms with van der Waals surface area (Å²) in [6.07, 6.45) is 0.813. The van der Waals surface area contributed by atoms with Gasteiger partial charge in [0.25, 0.3) is 0 Å². The van der Waals surface area contributed by atoms with Crippen LogP contribution < -0.4 is 22.3 Å². The molecule has 0 heterocycles. The van der Waals surface area contributed by atoms with Gasteiger partial charge in [-0.05, 0) is 12.8 Å². The molecule has 0 saturated carbocycles. The van der Waals surface area contributed by atoms with E-state index in [0.29, 0.717) is 19.4 Å². The van der Waals surface area contributed by atoms with E-state index in [4.69, 9.17) is 16.6 Å². The summed E-state index contributed by atoms with van der Waals surface area (Å²) in [7, 11) is 0. The van der Waals surface area contributed by atoms with Gasteiger partial charge in [-0.1, -0.05) is 0 Å². The van der Waals surface area contributed by atoms with Gasteiger partial charge < -0.3 is 16.6 Å². The van der Waals surface area contributed by atoms with Crippen LogP contribution in [-0.4, -0.2) is 35.5 Å². The van der Waals surface area contributed by atoms with E-state index in [-0.39, 0.29) is 11.9 Å².